The zero-order valence-corrected chi connectivity index (χ0v) is 58.8. The molecule has 19 heteroatoms. The molecule has 9 aromatic rings. The number of hydrogen-bond acceptors (Lipinski definition) is 10. The summed E-state index contributed by atoms with van der Waals surface area (Å²) in [6.07, 6.45) is 26.6. The lowest BCUT2D eigenvalue weighted by atomic mass is 9.81. The number of benzene rings is 6. The minimum atomic E-state index is -0.555. The summed E-state index contributed by atoms with van der Waals surface area (Å²) in [5.41, 5.74) is 11.1. The molecule has 6 aromatic carbocycles. The molecule has 3 spiro atoms. The maximum Gasteiger partial charge on any atom is 0.239 e. The molecule has 3 aromatic heterocycles. The zero-order valence-electron chi connectivity index (χ0n) is 58.8. The Morgan fingerprint density at radius 1 is 0.461 bits per heavy atom. The fourth-order valence-corrected chi connectivity index (χ4v) is 18.6. The lowest BCUT2D eigenvalue weighted by Crippen LogP contribution is -2.45. The molecule has 10 heterocycles. The lowest BCUT2D eigenvalue weighted by Gasteiger charge is -2.32. The Morgan fingerprint density at radius 2 is 0.902 bits per heavy atom. The van der Waals surface area contributed by atoms with Gasteiger partial charge < -0.3 is 19.4 Å². The molecule has 16 nitrogen and oxygen atoms in total. The Bertz CT molecular complexity index is 4610. The minimum absolute atomic E-state index is 0.0867. The van der Waals surface area contributed by atoms with Crippen molar-refractivity contribution in [1.29, 1.82) is 0 Å². The van der Waals surface area contributed by atoms with Crippen LogP contribution in [-0.4, -0.2) is 132 Å². The van der Waals surface area contributed by atoms with Crippen molar-refractivity contribution < 1.29 is 32.3 Å². The third-order valence-electron chi connectivity index (χ3n) is 23.9. The van der Waals surface area contributed by atoms with E-state index in [0.29, 0.717) is 47.9 Å². The summed E-state index contributed by atoms with van der Waals surface area (Å²) in [5.74, 6) is -0.493. The average molecular weight is 1380 g/mol. The quantitative estimate of drug-likeness (QED) is 0.104. The number of carbonyl (C=O) groups is 3. The summed E-state index contributed by atoms with van der Waals surface area (Å²) in [7, 11) is 3.66. The van der Waals surface area contributed by atoms with Gasteiger partial charge in [0.25, 0.3) is 0 Å². The molecule has 102 heavy (non-hydrogen) atoms. The van der Waals surface area contributed by atoms with Gasteiger partial charge in [0.2, 0.25) is 17.7 Å². The first-order valence-corrected chi connectivity index (χ1v) is 37.1. The van der Waals surface area contributed by atoms with Crippen LogP contribution < -0.4 is 14.7 Å². The maximum absolute atomic E-state index is 15.3. The summed E-state index contributed by atoms with van der Waals surface area (Å²) < 4.78 is 56.4. The zero-order chi connectivity index (χ0) is 69.9. The molecule has 3 amide bonds. The van der Waals surface area contributed by atoms with Crippen LogP contribution >= 0.6 is 0 Å². The first-order valence-electron chi connectivity index (χ1n) is 37.1. The number of carbonyl (C=O) groups excluding carboxylic acids is 3. The fourth-order valence-electron chi connectivity index (χ4n) is 18.6. The number of aryl methyl sites for hydroxylation is 3. The number of para-hydroxylation sites is 3. The number of aromatic nitrogens is 6. The van der Waals surface area contributed by atoms with Gasteiger partial charge in [-0.2, -0.15) is 15.3 Å². The van der Waals surface area contributed by atoms with Gasteiger partial charge >= 0.3 is 0 Å². The highest BCUT2D eigenvalue weighted by molar-refractivity contribution is 6.10. The van der Waals surface area contributed by atoms with Crippen molar-refractivity contribution in [1.82, 2.24) is 44.0 Å². The standard InChI is InChI=1S/C29H33FN4O.C27H29FN4O2.C27H29FN4O/c1-2-14-33-18-23(17-31-33)21-11-12-22(26(30)16-21)19-34-27-10-6-5-9-25(27)29(28(34)35)13-15-32(20-29)24-7-3-4-8-24;1-30-15-21(14-29-30)19-8-9-20(24(28)13-19)16-32-25-7-3-2-6-23(25)27(26(32)33)10-11-31(18-27)22-5-4-12-34-17-22;1-30-17-20(15-29-30)22-11-10-19(14-24(22)28)16-32-25-9-5-4-8-23(25)27(26(32)33)12-13-31(18-27)21-6-2-3-7-21/h5-6,9-12,16-18,24H,2-4,7-8,13-15,19-20H2,1H3;2-3,6-9,13-15,22H,4-5,10-12,16-18H2,1H3;4-5,8-11,14-15,17,21H,2-3,6-7,12-13,16,18H2,1H3. The Labute approximate surface area is 595 Å². The molecular formula is C83H91F3N12O4. The number of anilines is 3. The summed E-state index contributed by atoms with van der Waals surface area (Å²) >= 11 is 0. The molecule has 4 unspecified atom stereocenters. The van der Waals surface area contributed by atoms with Crippen molar-refractivity contribution in [2.75, 3.05) is 67.2 Å². The van der Waals surface area contributed by atoms with E-state index in [2.05, 4.69) is 55.1 Å². The van der Waals surface area contributed by atoms with Gasteiger partial charge in [-0.3, -0.25) is 43.1 Å². The molecule has 528 valence electrons. The van der Waals surface area contributed by atoms with Gasteiger partial charge in [-0.15, -0.1) is 0 Å². The average Bonchev–Trinajstić information content (AvgIpc) is 1.58. The lowest BCUT2D eigenvalue weighted by molar-refractivity contribution is -0.123. The number of amides is 3. The van der Waals surface area contributed by atoms with E-state index in [-0.39, 0.29) is 48.3 Å². The van der Waals surface area contributed by atoms with Crippen LogP contribution in [0.2, 0.25) is 0 Å². The van der Waals surface area contributed by atoms with Gasteiger partial charge in [0.05, 0.1) is 61.1 Å². The predicted molar refractivity (Wildman–Crippen MR) is 390 cm³/mol. The molecule has 4 saturated heterocycles. The molecule has 0 N–H and O–H groups in total. The van der Waals surface area contributed by atoms with E-state index in [1.54, 1.807) is 63.3 Å². The number of hydrogen-bond donors (Lipinski definition) is 0. The van der Waals surface area contributed by atoms with Crippen molar-refractivity contribution in [3.05, 3.63) is 215 Å². The number of halogens is 3. The minimum Gasteiger partial charge on any atom is -0.380 e. The van der Waals surface area contributed by atoms with Gasteiger partial charge in [-0.1, -0.05) is 124 Å². The third kappa shape index (κ3) is 12.4. The third-order valence-corrected chi connectivity index (χ3v) is 23.9. The van der Waals surface area contributed by atoms with Crippen LogP contribution in [0.4, 0.5) is 30.2 Å². The van der Waals surface area contributed by atoms with Crippen LogP contribution in [0, 0.1) is 17.5 Å². The molecule has 7 aliphatic heterocycles. The first-order chi connectivity index (χ1) is 49.7. The number of nitrogens with zero attached hydrogens (tertiary/aromatic N) is 12. The molecule has 2 saturated carbocycles. The van der Waals surface area contributed by atoms with E-state index in [0.717, 1.165) is 158 Å². The number of likely N-dealkylation sites (tertiary alicyclic amines) is 3. The number of ether oxygens (including phenoxy) is 1. The Kier molecular flexibility index (Phi) is 18.5. The summed E-state index contributed by atoms with van der Waals surface area (Å²) in [6, 6.07) is 41.8. The summed E-state index contributed by atoms with van der Waals surface area (Å²) in [5, 5.41) is 12.7. The normalized spacial score (nSPS) is 23.5. The number of rotatable bonds is 14. The Hall–Kier alpha value is -9.01. The van der Waals surface area contributed by atoms with Crippen LogP contribution in [0.5, 0.6) is 0 Å². The van der Waals surface area contributed by atoms with Crippen LogP contribution in [-0.2, 0) is 75.6 Å². The van der Waals surface area contributed by atoms with Crippen LogP contribution in [0.1, 0.15) is 130 Å². The van der Waals surface area contributed by atoms with Crippen LogP contribution in [0.25, 0.3) is 33.4 Å². The Balaban J connectivity index is 0.000000118. The molecular weight excluding hydrogens is 1290 g/mol. The molecule has 2 aliphatic carbocycles. The second-order valence-electron chi connectivity index (χ2n) is 30.1. The molecule has 0 bridgehead atoms. The second-order valence-corrected chi connectivity index (χ2v) is 30.1. The van der Waals surface area contributed by atoms with Gasteiger partial charge in [0, 0.05) is 134 Å². The van der Waals surface area contributed by atoms with Crippen molar-refractivity contribution in [3.8, 4) is 33.4 Å². The van der Waals surface area contributed by atoms with Gasteiger partial charge in [0.1, 0.15) is 17.5 Å². The maximum atomic E-state index is 15.3. The van der Waals surface area contributed by atoms with Gasteiger partial charge in [0.15, 0.2) is 0 Å². The molecule has 4 atom stereocenters. The first kappa shape index (κ1) is 67.5. The van der Waals surface area contributed by atoms with E-state index >= 15 is 8.78 Å². The largest absolute Gasteiger partial charge is 0.380 e. The van der Waals surface area contributed by atoms with Gasteiger partial charge in [-0.25, -0.2) is 13.2 Å². The van der Waals surface area contributed by atoms with E-state index < -0.39 is 16.2 Å². The molecule has 0 radical (unpaired) electrons. The van der Waals surface area contributed by atoms with Crippen molar-refractivity contribution in [2.24, 2.45) is 14.1 Å². The monoisotopic (exact) mass is 1380 g/mol. The molecule has 18 rings (SSSR count). The highest BCUT2D eigenvalue weighted by Crippen LogP contribution is 2.52. The highest BCUT2D eigenvalue weighted by atomic mass is 19.1. The van der Waals surface area contributed by atoms with E-state index in [1.165, 1.54) is 57.4 Å². The SMILES string of the molecule is CCCn1cc(-c2ccc(CN3C(=O)C4(CCN(C5CCCC5)C4)c4ccccc43)c(F)c2)cn1.Cn1cc(-c2ccc(CN3C(=O)C4(CCN(C5CCCC5)C4)c4ccccc43)cc2F)cn1.Cn1cc(-c2ccc(CN3C(=O)C4(CCN(C5CCCOC5)C4)c4ccccc43)c(F)c2)cn1. The summed E-state index contributed by atoms with van der Waals surface area (Å²) in [4.78, 5) is 54.9. The highest BCUT2D eigenvalue weighted by Gasteiger charge is 2.58. The Morgan fingerprint density at radius 3 is 1.34 bits per heavy atom. The van der Waals surface area contributed by atoms with Crippen LogP contribution in [0.15, 0.2) is 165 Å². The second kappa shape index (κ2) is 28.0. The van der Waals surface area contributed by atoms with E-state index in [9.17, 15) is 18.8 Å². The van der Waals surface area contributed by atoms with Crippen LogP contribution in [0.3, 0.4) is 0 Å². The smallest absolute Gasteiger partial charge is 0.239 e. The van der Waals surface area contributed by atoms with Crippen molar-refractivity contribution in [3.63, 3.8) is 0 Å². The topological polar surface area (TPSA) is 133 Å². The van der Waals surface area contributed by atoms with Crippen molar-refractivity contribution in [2.45, 2.75) is 157 Å². The fraction of sp³-hybridized carbons (Fsp3) is 0.422. The predicted octanol–water partition coefficient (Wildman–Crippen LogP) is 14.1. The number of fused-ring (bicyclic) bond motifs is 6. The molecule has 6 fully saturated rings. The van der Waals surface area contributed by atoms with E-state index in [4.69, 9.17) is 4.74 Å². The van der Waals surface area contributed by atoms with Gasteiger partial charge in [-0.05, 0) is 154 Å². The molecule has 9 aliphatic rings. The van der Waals surface area contributed by atoms with Crippen molar-refractivity contribution >= 4 is 34.8 Å². The summed E-state index contributed by atoms with van der Waals surface area (Å²) in [6.45, 7) is 10.5. The van der Waals surface area contributed by atoms with E-state index in [1.807, 2.05) is 120 Å².